The van der Waals surface area contributed by atoms with Crippen LogP contribution < -0.4 is 10.2 Å². The number of nitrogens with zero attached hydrogens (tertiary/aromatic N) is 4. The Morgan fingerprint density at radius 3 is 2.67 bits per heavy atom. The molecule has 2 aliphatic rings. The maximum atomic E-state index is 14.8. The van der Waals surface area contributed by atoms with Gasteiger partial charge in [0.25, 0.3) is 0 Å². The quantitative estimate of drug-likeness (QED) is 0.608. The summed E-state index contributed by atoms with van der Waals surface area (Å²) in [6.45, 7) is 8.81. The summed E-state index contributed by atoms with van der Waals surface area (Å²) in [4.78, 5) is 26.3. The van der Waals surface area contributed by atoms with Crippen molar-refractivity contribution in [2.24, 2.45) is 0 Å². The molecule has 1 aromatic carbocycles. The van der Waals surface area contributed by atoms with Gasteiger partial charge in [0.2, 0.25) is 5.91 Å². The Hall–Kier alpha value is -2.10. The van der Waals surface area contributed by atoms with E-state index in [9.17, 15) is 14.3 Å². The van der Waals surface area contributed by atoms with Gasteiger partial charge in [-0.15, -0.1) is 0 Å². The fraction of sp³-hybridized carbons (Fsp3) is 0.542. The van der Waals surface area contributed by atoms with E-state index in [1.165, 1.54) is 12.4 Å². The predicted octanol–water partition coefficient (Wildman–Crippen LogP) is 3.35. The zero-order valence-electron chi connectivity index (χ0n) is 19.3. The standard InChI is InChI=1S/C24H31BrFN5O2/c1-14(2)27-12-18(17-5-4-16(25)11-19(17)26)24(33)31-8-6-30(7-9-31)23-21-15(3)10-20(32)22(21)28-13-29-23/h4-5,11,13-15,18,20,27,32H,6-10,12H2,1-3H3/t15?,18-,20+/m1/s1. The third-order valence-corrected chi connectivity index (χ3v) is 7.03. The molecule has 1 aliphatic heterocycles. The van der Waals surface area contributed by atoms with Crippen LogP contribution in [0.5, 0.6) is 0 Å². The topological polar surface area (TPSA) is 81.6 Å². The number of benzene rings is 1. The molecule has 33 heavy (non-hydrogen) atoms. The smallest absolute Gasteiger partial charge is 0.231 e. The van der Waals surface area contributed by atoms with Crippen LogP contribution in [0.4, 0.5) is 10.2 Å². The molecule has 7 nitrogen and oxygen atoms in total. The van der Waals surface area contributed by atoms with Crippen LogP contribution in [0, 0.1) is 5.82 Å². The molecule has 2 N–H and O–H groups in total. The highest BCUT2D eigenvalue weighted by Crippen LogP contribution is 2.42. The number of piperazine rings is 1. The Balaban J connectivity index is 1.50. The van der Waals surface area contributed by atoms with Crippen LogP contribution in [0.1, 0.15) is 62.0 Å². The normalized spacial score (nSPS) is 21.4. The highest BCUT2D eigenvalue weighted by Gasteiger charge is 2.35. The van der Waals surface area contributed by atoms with Crippen LogP contribution in [-0.2, 0) is 4.79 Å². The summed E-state index contributed by atoms with van der Waals surface area (Å²) in [6.07, 6.45) is 1.62. The first kappa shape index (κ1) is 24.0. The second-order valence-electron chi connectivity index (χ2n) is 9.24. The molecule has 2 aromatic rings. The van der Waals surface area contributed by atoms with E-state index in [-0.39, 0.29) is 23.7 Å². The van der Waals surface area contributed by atoms with E-state index in [1.807, 2.05) is 18.7 Å². The van der Waals surface area contributed by atoms with Gasteiger partial charge in [0.05, 0.1) is 17.7 Å². The fourth-order valence-electron chi connectivity index (χ4n) is 4.78. The van der Waals surface area contributed by atoms with Crippen molar-refractivity contribution in [1.29, 1.82) is 0 Å². The maximum absolute atomic E-state index is 14.8. The van der Waals surface area contributed by atoms with Crippen LogP contribution >= 0.6 is 15.9 Å². The van der Waals surface area contributed by atoms with Gasteiger partial charge in [-0.25, -0.2) is 14.4 Å². The number of carbonyl (C=O) groups excluding carboxylic acids is 1. The Labute approximate surface area is 202 Å². The van der Waals surface area contributed by atoms with Gasteiger partial charge in [-0.05, 0) is 24.5 Å². The van der Waals surface area contributed by atoms with E-state index in [0.717, 1.165) is 17.1 Å². The van der Waals surface area contributed by atoms with Gasteiger partial charge in [0.15, 0.2) is 0 Å². The molecule has 0 saturated carbocycles. The van der Waals surface area contributed by atoms with Gasteiger partial charge in [0.1, 0.15) is 18.0 Å². The fourth-order valence-corrected chi connectivity index (χ4v) is 5.11. The summed E-state index contributed by atoms with van der Waals surface area (Å²) in [7, 11) is 0. The third-order valence-electron chi connectivity index (χ3n) is 6.54. The number of hydrogen-bond donors (Lipinski definition) is 2. The highest BCUT2D eigenvalue weighted by molar-refractivity contribution is 9.10. The number of rotatable bonds is 6. The second-order valence-corrected chi connectivity index (χ2v) is 10.2. The minimum atomic E-state index is -0.592. The first-order valence-corrected chi connectivity index (χ1v) is 12.3. The molecular weight excluding hydrogens is 489 g/mol. The monoisotopic (exact) mass is 519 g/mol. The SMILES string of the molecule is CC(C)NC[C@@H](C(=O)N1CCN(c2ncnc3c2C(C)C[C@@H]3O)CC1)c1ccc(Br)cc1F. The van der Waals surface area contributed by atoms with E-state index in [1.54, 1.807) is 12.1 Å². The third kappa shape index (κ3) is 5.05. The van der Waals surface area contributed by atoms with Crippen molar-refractivity contribution in [3.63, 3.8) is 0 Å². The van der Waals surface area contributed by atoms with E-state index in [0.29, 0.717) is 49.2 Å². The molecule has 9 heteroatoms. The molecule has 0 radical (unpaired) electrons. The lowest BCUT2D eigenvalue weighted by molar-refractivity contribution is -0.133. The van der Waals surface area contributed by atoms with Gasteiger partial charge in [-0.2, -0.15) is 0 Å². The average molecular weight is 520 g/mol. The number of nitrogens with one attached hydrogen (secondary N) is 1. The number of hydrogen-bond acceptors (Lipinski definition) is 6. The van der Waals surface area contributed by atoms with E-state index < -0.39 is 12.0 Å². The molecular formula is C24H31BrFN5O2. The lowest BCUT2D eigenvalue weighted by Crippen LogP contribution is -2.51. The Kier molecular flexibility index (Phi) is 7.31. The van der Waals surface area contributed by atoms with Crippen LogP contribution in [0.15, 0.2) is 29.0 Å². The first-order chi connectivity index (χ1) is 15.8. The molecule has 1 saturated heterocycles. The van der Waals surface area contributed by atoms with Crippen molar-refractivity contribution in [1.82, 2.24) is 20.2 Å². The Morgan fingerprint density at radius 1 is 1.27 bits per heavy atom. The Bertz CT molecular complexity index is 1010. The average Bonchev–Trinajstić information content (AvgIpc) is 3.08. The van der Waals surface area contributed by atoms with Crippen LogP contribution in [-0.4, -0.2) is 64.6 Å². The number of aromatic nitrogens is 2. The number of halogens is 2. The molecule has 0 spiro atoms. The van der Waals surface area contributed by atoms with Gasteiger partial charge in [-0.3, -0.25) is 4.79 Å². The van der Waals surface area contributed by atoms with Crippen molar-refractivity contribution in [3.05, 3.63) is 51.6 Å². The predicted molar refractivity (Wildman–Crippen MR) is 129 cm³/mol. The molecule has 178 valence electrons. The largest absolute Gasteiger partial charge is 0.387 e. The van der Waals surface area contributed by atoms with E-state index >= 15 is 0 Å². The number of fused-ring (bicyclic) bond motifs is 1. The minimum absolute atomic E-state index is 0.0688. The van der Waals surface area contributed by atoms with Crippen molar-refractivity contribution >= 4 is 27.7 Å². The zero-order chi connectivity index (χ0) is 23.7. The maximum Gasteiger partial charge on any atom is 0.231 e. The number of carbonyl (C=O) groups is 1. The number of anilines is 1. The van der Waals surface area contributed by atoms with Crippen molar-refractivity contribution in [2.75, 3.05) is 37.6 Å². The highest BCUT2D eigenvalue weighted by atomic mass is 79.9. The van der Waals surface area contributed by atoms with E-state index in [2.05, 4.69) is 43.0 Å². The number of aliphatic hydroxyl groups is 1. The van der Waals surface area contributed by atoms with Gasteiger partial charge >= 0.3 is 0 Å². The molecule has 1 amide bonds. The van der Waals surface area contributed by atoms with Crippen LogP contribution in [0.2, 0.25) is 0 Å². The van der Waals surface area contributed by atoms with E-state index in [4.69, 9.17) is 0 Å². The summed E-state index contributed by atoms with van der Waals surface area (Å²) in [6, 6.07) is 5.07. The summed E-state index contributed by atoms with van der Waals surface area (Å²) in [5.74, 6) is 0.00751. The molecule has 1 unspecified atom stereocenters. The van der Waals surface area contributed by atoms with Gasteiger partial charge in [0, 0.05) is 54.4 Å². The zero-order valence-corrected chi connectivity index (χ0v) is 20.8. The molecule has 1 fully saturated rings. The van der Waals surface area contributed by atoms with Crippen molar-refractivity contribution < 1.29 is 14.3 Å². The Morgan fingerprint density at radius 2 is 2.00 bits per heavy atom. The summed E-state index contributed by atoms with van der Waals surface area (Å²) in [5.41, 5.74) is 2.15. The van der Waals surface area contributed by atoms with Crippen molar-refractivity contribution in [3.8, 4) is 0 Å². The lowest BCUT2D eigenvalue weighted by Gasteiger charge is -2.38. The summed E-state index contributed by atoms with van der Waals surface area (Å²) in [5, 5.41) is 13.6. The number of amides is 1. The molecule has 3 atom stereocenters. The van der Waals surface area contributed by atoms with Gasteiger partial charge in [-0.1, -0.05) is 42.8 Å². The second kappa shape index (κ2) is 10.0. The lowest BCUT2D eigenvalue weighted by atomic mass is 9.96. The molecule has 0 bridgehead atoms. The van der Waals surface area contributed by atoms with Crippen LogP contribution in [0.25, 0.3) is 0 Å². The molecule has 4 rings (SSSR count). The number of aliphatic hydroxyl groups excluding tert-OH is 1. The molecule has 2 heterocycles. The van der Waals surface area contributed by atoms with Crippen LogP contribution in [0.3, 0.4) is 0 Å². The first-order valence-electron chi connectivity index (χ1n) is 11.5. The summed E-state index contributed by atoms with van der Waals surface area (Å²) < 4.78 is 15.4. The summed E-state index contributed by atoms with van der Waals surface area (Å²) >= 11 is 3.30. The molecule has 1 aliphatic carbocycles. The molecule has 1 aromatic heterocycles. The minimum Gasteiger partial charge on any atom is -0.387 e. The van der Waals surface area contributed by atoms with Crippen molar-refractivity contribution in [2.45, 2.75) is 51.2 Å². The van der Waals surface area contributed by atoms with Gasteiger partial charge < -0.3 is 20.2 Å².